The highest BCUT2D eigenvalue weighted by Gasteiger charge is 2.21. The first-order valence-corrected chi connectivity index (χ1v) is 5.93. The normalized spacial score (nSPS) is 10.6. The molecule has 1 aromatic rings. The van der Waals surface area contributed by atoms with E-state index in [2.05, 4.69) is 5.10 Å². The number of rotatable bonds is 5. The Balaban J connectivity index is 2.93. The Morgan fingerprint density at radius 2 is 2.12 bits per heavy atom. The van der Waals surface area contributed by atoms with Crippen LogP contribution in [0.1, 0.15) is 35.1 Å². The van der Waals surface area contributed by atoms with Crippen molar-refractivity contribution in [1.82, 2.24) is 14.7 Å². The summed E-state index contributed by atoms with van der Waals surface area (Å²) in [5.74, 6) is 0.00375. The number of nitrogens with zero attached hydrogens (tertiary/aromatic N) is 3. The van der Waals surface area contributed by atoms with Gasteiger partial charge in [0.05, 0.1) is 11.3 Å². The van der Waals surface area contributed by atoms with Crippen LogP contribution in [0.3, 0.4) is 0 Å². The quantitative estimate of drug-likeness (QED) is 0.830. The third-order valence-electron chi connectivity index (χ3n) is 2.98. The molecule has 0 aliphatic heterocycles. The summed E-state index contributed by atoms with van der Waals surface area (Å²) >= 11 is 0. The molecule has 0 aliphatic carbocycles. The lowest BCUT2D eigenvalue weighted by atomic mass is 10.1. The van der Waals surface area contributed by atoms with Gasteiger partial charge in [0.1, 0.15) is 0 Å². The molecule has 0 saturated carbocycles. The van der Waals surface area contributed by atoms with Gasteiger partial charge in [-0.05, 0) is 27.2 Å². The molecule has 0 unspecified atom stereocenters. The van der Waals surface area contributed by atoms with Crippen molar-refractivity contribution in [2.75, 3.05) is 19.7 Å². The van der Waals surface area contributed by atoms with Crippen molar-refractivity contribution >= 4 is 5.91 Å². The van der Waals surface area contributed by atoms with E-state index in [1.54, 1.807) is 9.58 Å². The van der Waals surface area contributed by atoms with Gasteiger partial charge in [0.25, 0.3) is 5.91 Å². The lowest BCUT2D eigenvalue weighted by Crippen LogP contribution is -2.32. The first kappa shape index (κ1) is 13.7. The van der Waals surface area contributed by atoms with Crippen LogP contribution in [0.25, 0.3) is 0 Å². The van der Waals surface area contributed by atoms with E-state index in [9.17, 15) is 4.79 Å². The molecule has 5 nitrogen and oxygen atoms in total. The molecule has 1 heterocycles. The molecule has 5 heteroatoms. The number of aliphatic hydroxyl groups excluding tert-OH is 1. The number of amides is 1. The van der Waals surface area contributed by atoms with Crippen molar-refractivity contribution in [2.24, 2.45) is 7.05 Å². The van der Waals surface area contributed by atoms with Crippen LogP contribution < -0.4 is 0 Å². The molecule has 0 aromatic carbocycles. The number of aromatic nitrogens is 2. The number of aryl methyl sites for hydroxylation is 2. The summed E-state index contributed by atoms with van der Waals surface area (Å²) in [5.41, 5.74) is 2.33. The van der Waals surface area contributed by atoms with Gasteiger partial charge in [-0.3, -0.25) is 9.48 Å². The van der Waals surface area contributed by atoms with Crippen LogP contribution in [0, 0.1) is 13.8 Å². The van der Waals surface area contributed by atoms with Crippen LogP contribution >= 0.6 is 0 Å². The molecule has 96 valence electrons. The maximum atomic E-state index is 12.3. The van der Waals surface area contributed by atoms with Crippen LogP contribution in [0.2, 0.25) is 0 Å². The van der Waals surface area contributed by atoms with E-state index in [1.165, 1.54) is 0 Å². The third kappa shape index (κ3) is 2.85. The van der Waals surface area contributed by atoms with Gasteiger partial charge < -0.3 is 10.0 Å². The molecule has 0 saturated heterocycles. The van der Waals surface area contributed by atoms with Crippen molar-refractivity contribution < 1.29 is 9.90 Å². The van der Waals surface area contributed by atoms with Gasteiger partial charge in [0.15, 0.2) is 0 Å². The predicted octanol–water partition coefficient (Wildman–Crippen LogP) is 0.881. The number of carbonyl (C=O) groups excluding carboxylic acids is 1. The Morgan fingerprint density at radius 1 is 1.47 bits per heavy atom. The summed E-state index contributed by atoms with van der Waals surface area (Å²) in [6.07, 6.45) is 0.609. The van der Waals surface area contributed by atoms with Crippen molar-refractivity contribution in [3.63, 3.8) is 0 Å². The van der Waals surface area contributed by atoms with E-state index < -0.39 is 0 Å². The molecule has 1 N–H and O–H groups in total. The van der Waals surface area contributed by atoms with Gasteiger partial charge in [-0.1, -0.05) is 0 Å². The van der Waals surface area contributed by atoms with Crippen LogP contribution in [0.4, 0.5) is 0 Å². The Labute approximate surface area is 102 Å². The Hall–Kier alpha value is -1.36. The van der Waals surface area contributed by atoms with Crippen molar-refractivity contribution in [3.05, 3.63) is 17.0 Å². The van der Waals surface area contributed by atoms with Crippen LogP contribution in [-0.2, 0) is 7.05 Å². The topological polar surface area (TPSA) is 58.4 Å². The van der Waals surface area contributed by atoms with Crippen molar-refractivity contribution in [1.29, 1.82) is 0 Å². The van der Waals surface area contributed by atoms with Gasteiger partial charge in [0.2, 0.25) is 0 Å². The van der Waals surface area contributed by atoms with E-state index in [-0.39, 0.29) is 12.5 Å². The smallest absolute Gasteiger partial charge is 0.257 e. The van der Waals surface area contributed by atoms with Gasteiger partial charge in [0, 0.05) is 32.4 Å². The molecule has 0 aliphatic rings. The molecular weight excluding hydrogens is 218 g/mol. The molecule has 1 rings (SSSR count). The van der Waals surface area contributed by atoms with E-state index in [1.807, 2.05) is 27.8 Å². The number of hydrogen-bond acceptors (Lipinski definition) is 3. The minimum absolute atomic E-state index is 0.00375. The zero-order valence-electron chi connectivity index (χ0n) is 11.0. The van der Waals surface area contributed by atoms with E-state index >= 15 is 0 Å². The molecule has 1 amide bonds. The first-order chi connectivity index (χ1) is 8.02. The van der Waals surface area contributed by atoms with Gasteiger partial charge in [-0.2, -0.15) is 5.10 Å². The number of hydrogen-bond donors (Lipinski definition) is 1. The lowest BCUT2D eigenvalue weighted by molar-refractivity contribution is 0.0752. The summed E-state index contributed by atoms with van der Waals surface area (Å²) in [6, 6.07) is 0. The van der Waals surface area contributed by atoms with Gasteiger partial charge in [-0.25, -0.2) is 0 Å². The minimum Gasteiger partial charge on any atom is -0.396 e. The minimum atomic E-state index is 0.00375. The second kappa shape index (κ2) is 5.82. The maximum Gasteiger partial charge on any atom is 0.257 e. The second-order valence-corrected chi connectivity index (χ2v) is 4.13. The lowest BCUT2D eigenvalue weighted by Gasteiger charge is -2.20. The summed E-state index contributed by atoms with van der Waals surface area (Å²) in [5, 5.41) is 13.1. The fraction of sp³-hybridized carbons (Fsp3) is 0.667. The fourth-order valence-corrected chi connectivity index (χ4v) is 1.91. The van der Waals surface area contributed by atoms with Crippen molar-refractivity contribution in [3.8, 4) is 0 Å². The van der Waals surface area contributed by atoms with Gasteiger partial charge in [-0.15, -0.1) is 0 Å². The average molecular weight is 239 g/mol. The summed E-state index contributed by atoms with van der Waals surface area (Å²) in [6.45, 7) is 7.02. The standard InChI is InChI=1S/C12H21N3O2/c1-5-15(7-6-8-16)12(17)11-9(2)13-14(4)10(11)3/h16H,5-8H2,1-4H3. The first-order valence-electron chi connectivity index (χ1n) is 5.93. The Kier molecular flexibility index (Phi) is 4.69. The zero-order valence-corrected chi connectivity index (χ0v) is 11.0. The van der Waals surface area contributed by atoms with E-state index in [4.69, 9.17) is 5.11 Å². The highest BCUT2D eigenvalue weighted by Crippen LogP contribution is 2.14. The van der Waals surface area contributed by atoms with Crippen LogP contribution in [0.15, 0.2) is 0 Å². The molecular formula is C12H21N3O2. The third-order valence-corrected chi connectivity index (χ3v) is 2.98. The van der Waals surface area contributed by atoms with Crippen LogP contribution in [0.5, 0.6) is 0 Å². The largest absolute Gasteiger partial charge is 0.396 e. The molecule has 0 radical (unpaired) electrons. The second-order valence-electron chi connectivity index (χ2n) is 4.13. The number of carbonyl (C=O) groups is 1. The van der Waals surface area contributed by atoms with E-state index in [0.29, 0.717) is 25.1 Å². The molecule has 0 fully saturated rings. The highest BCUT2D eigenvalue weighted by molar-refractivity contribution is 5.96. The summed E-state index contributed by atoms with van der Waals surface area (Å²) in [7, 11) is 1.84. The van der Waals surface area contributed by atoms with E-state index in [0.717, 1.165) is 11.4 Å². The van der Waals surface area contributed by atoms with Crippen molar-refractivity contribution in [2.45, 2.75) is 27.2 Å². The monoisotopic (exact) mass is 239 g/mol. The number of aliphatic hydroxyl groups is 1. The molecule has 0 bridgehead atoms. The summed E-state index contributed by atoms with van der Waals surface area (Å²) < 4.78 is 1.72. The highest BCUT2D eigenvalue weighted by atomic mass is 16.3. The fourth-order valence-electron chi connectivity index (χ4n) is 1.91. The predicted molar refractivity (Wildman–Crippen MR) is 66.0 cm³/mol. The molecule has 17 heavy (non-hydrogen) atoms. The Bertz CT molecular complexity index is 399. The molecule has 1 aromatic heterocycles. The molecule has 0 spiro atoms. The average Bonchev–Trinajstić information content (AvgIpc) is 2.54. The summed E-state index contributed by atoms with van der Waals surface area (Å²) in [4.78, 5) is 14.1. The van der Waals surface area contributed by atoms with Crippen LogP contribution in [-0.4, -0.2) is 45.4 Å². The zero-order chi connectivity index (χ0) is 13.0. The maximum absolute atomic E-state index is 12.3. The SMILES string of the molecule is CCN(CCCO)C(=O)c1c(C)nn(C)c1C. The molecule has 0 atom stereocenters. The Morgan fingerprint density at radius 3 is 2.53 bits per heavy atom. The van der Waals surface area contributed by atoms with Gasteiger partial charge >= 0.3 is 0 Å².